The van der Waals surface area contributed by atoms with E-state index in [2.05, 4.69) is 84.9 Å². The molecule has 1 aliphatic rings. The summed E-state index contributed by atoms with van der Waals surface area (Å²) in [7, 11) is -4.39. The van der Waals surface area contributed by atoms with Crippen LogP contribution in [0.15, 0.2) is 129 Å². The minimum atomic E-state index is -4.27. The molecule has 1 unspecified atom stereocenters. The van der Waals surface area contributed by atoms with Gasteiger partial charge in [0, 0.05) is 6.42 Å². The average Bonchev–Trinajstić information content (AvgIpc) is 2.92. The first-order chi connectivity index (χ1) is 17.9. The van der Waals surface area contributed by atoms with Gasteiger partial charge in [-0.3, -0.25) is 0 Å². The number of hydrogen-bond donors (Lipinski definition) is 0. The standard InChI is InChI=1S/C23H23O2S.C7H8O3S/c1-3-9-20(10-4-1)26(21-11-5-2-6-12-21)22-16-14-19(15-17-22)25-23-13-7-8-18-24-23;1-6-2-4-7(5-3-6)11(8,9)10/h1-6,9-12,14-17,23H,7-8,13,18H2;2-5H,1H3,(H,8,9,10)/q+1;/p-1. The number of rotatable bonds is 6. The third kappa shape index (κ3) is 7.94. The van der Waals surface area contributed by atoms with Crippen molar-refractivity contribution in [2.24, 2.45) is 0 Å². The summed E-state index contributed by atoms with van der Waals surface area (Å²) in [6.45, 7) is 2.62. The highest BCUT2D eigenvalue weighted by Crippen LogP contribution is 2.32. The fraction of sp³-hybridized carbons (Fsp3) is 0.200. The van der Waals surface area contributed by atoms with Crippen LogP contribution in [0.2, 0.25) is 0 Å². The van der Waals surface area contributed by atoms with Gasteiger partial charge in [-0.1, -0.05) is 54.1 Å². The summed E-state index contributed by atoms with van der Waals surface area (Å²) < 4.78 is 42.8. The van der Waals surface area contributed by atoms with Crippen molar-refractivity contribution in [2.45, 2.75) is 52.1 Å². The molecule has 4 aromatic rings. The van der Waals surface area contributed by atoms with Crippen LogP contribution in [-0.4, -0.2) is 25.9 Å². The highest BCUT2D eigenvalue weighted by Gasteiger charge is 2.28. The number of aryl methyl sites for hydroxylation is 1. The molecule has 0 bridgehead atoms. The Balaban J connectivity index is 0.000000245. The molecule has 4 aromatic carbocycles. The fourth-order valence-corrected chi connectivity index (χ4v) is 6.39. The van der Waals surface area contributed by atoms with Gasteiger partial charge in [-0.05, 0) is 80.4 Å². The molecule has 5 nitrogen and oxygen atoms in total. The van der Waals surface area contributed by atoms with Crippen molar-refractivity contribution in [1.29, 1.82) is 0 Å². The van der Waals surface area contributed by atoms with E-state index in [-0.39, 0.29) is 22.1 Å². The molecular weight excluding hydrogens is 504 g/mol. The lowest BCUT2D eigenvalue weighted by Crippen LogP contribution is -2.24. The zero-order valence-electron chi connectivity index (χ0n) is 20.7. The van der Waals surface area contributed by atoms with Gasteiger partial charge in [0.1, 0.15) is 15.9 Å². The SMILES string of the molecule is Cc1ccc(S(=O)(=O)[O-])cc1.c1ccc([S+](c2ccccc2)c2ccc(OC3CCCCO3)cc2)cc1. The minimum Gasteiger partial charge on any atom is -0.744 e. The first-order valence-electron chi connectivity index (χ1n) is 12.2. The lowest BCUT2D eigenvalue weighted by atomic mass is 10.2. The summed E-state index contributed by atoms with van der Waals surface area (Å²) in [4.78, 5) is 3.76. The fourth-order valence-electron chi connectivity index (χ4n) is 3.84. The van der Waals surface area contributed by atoms with Gasteiger partial charge < -0.3 is 14.0 Å². The Labute approximate surface area is 222 Å². The van der Waals surface area contributed by atoms with Gasteiger partial charge in [-0.25, -0.2) is 8.42 Å². The Morgan fingerprint density at radius 1 is 0.757 bits per heavy atom. The van der Waals surface area contributed by atoms with Crippen LogP contribution in [-0.2, 0) is 25.7 Å². The highest BCUT2D eigenvalue weighted by molar-refractivity contribution is 7.97. The Kier molecular flexibility index (Phi) is 9.41. The number of benzene rings is 4. The van der Waals surface area contributed by atoms with Crippen molar-refractivity contribution in [2.75, 3.05) is 6.61 Å². The van der Waals surface area contributed by atoms with Crippen LogP contribution < -0.4 is 4.74 Å². The van der Waals surface area contributed by atoms with Gasteiger partial charge in [0.05, 0.1) is 22.4 Å². The average molecular weight is 535 g/mol. The highest BCUT2D eigenvalue weighted by atomic mass is 32.2. The molecule has 0 aliphatic carbocycles. The Hall–Kier alpha value is -3.10. The largest absolute Gasteiger partial charge is 0.744 e. The molecular formula is C30H30O5S2. The van der Waals surface area contributed by atoms with E-state index in [1.54, 1.807) is 12.1 Å². The molecule has 0 spiro atoms. The van der Waals surface area contributed by atoms with Crippen LogP contribution in [0.4, 0.5) is 0 Å². The quantitative estimate of drug-likeness (QED) is 0.206. The van der Waals surface area contributed by atoms with E-state index >= 15 is 0 Å². The molecule has 1 atom stereocenters. The van der Waals surface area contributed by atoms with E-state index in [1.807, 2.05) is 6.92 Å². The molecule has 1 saturated heterocycles. The topological polar surface area (TPSA) is 75.7 Å². The first kappa shape index (κ1) is 26.9. The molecule has 37 heavy (non-hydrogen) atoms. The van der Waals surface area contributed by atoms with Gasteiger partial charge in [-0.2, -0.15) is 0 Å². The molecule has 192 valence electrons. The Morgan fingerprint density at radius 2 is 1.30 bits per heavy atom. The summed E-state index contributed by atoms with van der Waals surface area (Å²) in [5.41, 5.74) is 0.928. The lowest BCUT2D eigenvalue weighted by molar-refractivity contribution is -0.105. The van der Waals surface area contributed by atoms with E-state index in [0.29, 0.717) is 0 Å². The van der Waals surface area contributed by atoms with Crippen LogP contribution in [0.5, 0.6) is 5.75 Å². The van der Waals surface area contributed by atoms with E-state index in [4.69, 9.17) is 9.47 Å². The van der Waals surface area contributed by atoms with E-state index in [9.17, 15) is 13.0 Å². The van der Waals surface area contributed by atoms with E-state index in [0.717, 1.165) is 30.8 Å². The Bertz CT molecular complexity index is 1300. The molecule has 1 aliphatic heterocycles. The third-order valence-corrected chi connectivity index (χ3v) is 8.81. The van der Waals surface area contributed by atoms with Gasteiger partial charge in [0.15, 0.2) is 21.0 Å². The van der Waals surface area contributed by atoms with E-state index in [1.165, 1.54) is 33.2 Å². The molecule has 0 aromatic heterocycles. The monoisotopic (exact) mass is 534 g/mol. The Morgan fingerprint density at radius 3 is 1.78 bits per heavy atom. The lowest BCUT2D eigenvalue weighted by Gasteiger charge is -2.23. The molecule has 0 radical (unpaired) electrons. The molecule has 7 heteroatoms. The van der Waals surface area contributed by atoms with Gasteiger partial charge in [-0.15, -0.1) is 0 Å². The van der Waals surface area contributed by atoms with E-state index < -0.39 is 10.1 Å². The maximum Gasteiger partial charge on any atom is 0.199 e. The van der Waals surface area contributed by atoms with Crippen molar-refractivity contribution >= 4 is 21.0 Å². The van der Waals surface area contributed by atoms with Gasteiger partial charge in [0.25, 0.3) is 0 Å². The molecule has 1 heterocycles. The van der Waals surface area contributed by atoms with Crippen LogP contribution in [0.25, 0.3) is 0 Å². The molecule has 0 amide bonds. The van der Waals surface area contributed by atoms with Gasteiger partial charge in [0.2, 0.25) is 0 Å². The number of ether oxygens (including phenoxy) is 2. The summed E-state index contributed by atoms with van der Waals surface area (Å²) in [6, 6.07) is 35.7. The minimum absolute atomic E-state index is 0.101. The van der Waals surface area contributed by atoms with Gasteiger partial charge >= 0.3 is 0 Å². The van der Waals surface area contributed by atoms with Crippen molar-refractivity contribution in [1.82, 2.24) is 0 Å². The number of hydrogen-bond acceptors (Lipinski definition) is 5. The first-order valence-corrected chi connectivity index (χ1v) is 14.8. The second kappa shape index (κ2) is 12.9. The summed E-state index contributed by atoms with van der Waals surface area (Å²) >= 11 is 0. The van der Waals surface area contributed by atoms with Crippen LogP contribution in [0.1, 0.15) is 24.8 Å². The zero-order chi connectivity index (χ0) is 26.1. The van der Waals surface area contributed by atoms with Crippen LogP contribution in [0.3, 0.4) is 0 Å². The normalized spacial score (nSPS) is 15.5. The second-order valence-electron chi connectivity index (χ2n) is 8.58. The predicted octanol–water partition coefficient (Wildman–Crippen LogP) is 6.59. The maximum absolute atomic E-state index is 10.4. The van der Waals surface area contributed by atoms with Crippen molar-refractivity contribution in [3.05, 3.63) is 115 Å². The summed E-state index contributed by atoms with van der Waals surface area (Å²) in [5.74, 6) is 0.880. The van der Waals surface area contributed by atoms with Crippen molar-refractivity contribution in [3.63, 3.8) is 0 Å². The van der Waals surface area contributed by atoms with Crippen LogP contribution in [0, 0.1) is 6.92 Å². The molecule has 0 N–H and O–H groups in total. The van der Waals surface area contributed by atoms with Crippen molar-refractivity contribution in [3.8, 4) is 5.75 Å². The zero-order valence-corrected chi connectivity index (χ0v) is 22.3. The van der Waals surface area contributed by atoms with Crippen LogP contribution >= 0.6 is 0 Å². The molecule has 5 rings (SSSR count). The molecule has 1 fully saturated rings. The summed E-state index contributed by atoms with van der Waals surface area (Å²) in [5, 5.41) is 0. The second-order valence-corrected chi connectivity index (χ2v) is 12.0. The smallest absolute Gasteiger partial charge is 0.199 e. The maximum atomic E-state index is 10.4. The predicted molar refractivity (Wildman–Crippen MR) is 145 cm³/mol. The third-order valence-electron chi connectivity index (χ3n) is 5.73. The van der Waals surface area contributed by atoms with Crippen molar-refractivity contribution < 1.29 is 22.4 Å². The summed E-state index contributed by atoms with van der Waals surface area (Å²) in [6.07, 6.45) is 3.18. The molecule has 0 saturated carbocycles.